The van der Waals surface area contributed by atoms with Crippen molar-refractivity contribution in [3.05, 3.63) is 0 Å². The Hall–Kier alpha value is -0.570. The summed E-state index contributed by atoms with van der Waals surface area (Å²) in [6, 6.07) is 0. The number of carbonyl (C=O) groups is 1. The Balaban J connectivity index is 1.76. The van der Waals surface area contributed by atoms with Crippen LogP contribution in [0.25, 0.3) is 0 Å². The van der Waals surface area contributed by atoms with E-state index in [1.165, 1.54) is 25.7 Å². The molecule has 2 aliphatic rings. The second-order valence-corrected chi connectivity index (χ2v) is 5.06. The molecule has 1 amide bonds. The Morgan fingerprint density at radius 3 is 2.53 bits per heavy atom. The summed E-state index contributed by atoms with van der Waals surface area (Å²) in [5.74, 6) is 1.01. The maximum Gasteiger partial charge on any atom is 0.222 e. The zero-order valence-electron chi connectivity index (χ0n) is 9.74. The summed E-state index contributed by atoms with van der Waals surface area (Å²) >= 11 is 0. The zero-order chi connectivity index (χ0) is 10.7. The molecule has 0 spiro atoms. The molecular formula is C12H22N2O. The molecule has 2 heterocycles. The molecule has 0 aromatic heterocycles. The number of carbonyl (C=O) groups excluding carboxylic acids is 1. The van der Waals surface area contributed by atoms with Gasteiger partial charge in [-0.1, -0.05) is 0 Å². The predicted octanol–water partition coefficient (Wildman–Crippen LogP) is 1.34. The smallest absolute Gasteiger partial charge is 0.222 e. The monoisotopic (exact) mass is 210 g/mol. The molecule has 0 aromatic rings. The third-order valence-electron chi connectivity index (χ3n) is 3.66. The molecule has 15 heavy (non-hydrogen) atoms. The van der Waals surface area contributed by atoms with Crippen LogP contribution in [-0.4, -0.2) is 48.9 Å². The van der Waals surface area contributed by atoms with Crippen molar-refractivity contribution in [2.75, 3.05) is 33.2 Å². The highest BCUT2D eigenvalue weighted by atomic mass is 16.2. The minimum atomic E-state index is 0.398. The van der Waals surface area contributed by atoms with E-state index in [9.17, 15) is 4.79 Å². The number of piperidine rings is 1. The molecule has 2 saturated heterocycles. The highest BCUT2D eigenvalue weighted by Gasteiger charge is 2.25. The lowest BCUT2D eigenvalue weighted by molar-refractivity contribution is -0.133. The Kier molecular flexibility index (Phi) is 3.62. The largest absolute Gasteiger partial charge is 0.343 e. The van der Waals surface area contributed by atoms with Crippen LogP contribution >= 0.6 is 0 Å². The van der Waals surface area contributed by atoms with Crippen LogP contribution in [-0.2, 0) is 4.79 Å². The molecule has 2 rings (SSSR count). The number of hydrogen-bond acceptors (Lipinski definition) is 2. The SMILES string of the molecule is CN1CCC(CC(=O)N2CCCCC2)C1. The normalized spacial score (nSPS) is 28.3. The fourth-order valence-electron chi connectivity index (χ4n) is 2.71. The van der Waals surface area contributed by atoms with Crippen molar-refractivity contribution in [2.24, 2.45) is 5.92 Å². The number of amides is 1. The third kappa shape index (κ3) is 2.94. The fraction of sp³-hybridized carbons (Fsp3) is 0.917. The van der Waals surface area contributed by atoms with E-state index in [-0.39, 0.29) is 0 Å². The molecule has 0 N–H and O–H groups in total. The lowest BCUT2D eigenvalue weighted by Gasteiger charge is -2.27. The van der Waals surface area contributed by atoms with Crippen molar-refractivity contribution in [2.45, 2.75) is 32.1 Å². The van der Waals surface area contributed by atoms with Gasteiger partial charge in [-0.3, -0.25) is 4.79 Å². The van der Waals surface area contributed by atoms with Gasteiger partial charge in [0.15, 0.2) is 0 Å². The lowest BCUT2D eigenvalue weighted by atomic mass is 10.0. The molecular weight excluding hydrogens is 188 g/mol. The van der Waals surface area contributed by atoms with Crippen molar-refractivity contribution in [3.63, 3.8) is 0 Å². The van der Waals surface area contributed by atoms with E-state index >= 15 is 0 Å². The van der Waals surface area contributed by atoms with Gasteiger partial charge in [-0.05, 0) is 45.2 Å². The summed E-state index contributed by atoms with van der Waals surface area (Å²) in [6.45, 7) is 4.28. The minimum Gasteiger partial charge on any atom is -0.343 e. The molecule has 2 fully saturated rings. The number of likely N-dealkylation sites (tertiary alicyclic amines) is 2. The zero-order valence-corrected chi connectivity index (χ0v) is 9.74. The molecule has 0 aromatic carbocycles. The molecule has 1 unspecified atom stereocenters. The molecule has 2 aliphatic heterocycles. The first-order chi connectivity index (χ1) is 7.25. The van der Waals surface area contributed by atoms with E-state index in [1.807, 2.05) is 0 Å². The summed E-state index contributed by atoms with van der Waals surface area (Å²) in [4.78, 5) is 16.4. The van der Waals surface area contributed by atoms with E-state index in [0.717, 1.165) is 32.6 Å². The Labute approximate surface area is 92.4 Å². The third-order valence-corrected chi connectivity index (χ3v) is 3.66. The van der Waals surface area contributed by atoms with Gasteiger partial charge in [0.1, 0.15) is 0 Å². The minimum absolute atomic E-state index is 0.398. The van der Waals surface area contributed by atoms with Gasteiger partial charge in [-0.15, -0.1) is 0 Å². The van der Waals surface area contributed by atoms with Crippen LogP contribution in [0.5, 0.6) is 0 Å². The number of hydrogen-bond donors (Lipinski definition) is 0. The Bertz CT molecular complexity index is 224. The van der Waals surface area contributed by atoms with Gasteiger partial charge in [0.2, 0.25) is 5.91 Å². The second kappa shape index (κ2) is 4.97. The first-order valence-corrected chi connectivity index (χ1v) is 6.22. The Morgan fingerprint density at radius 2 is 1.93 bits per heavy atom. The van der Waals surface area contributed by atoms with Crippen molar-refractivity contribution in [1.82, 2.24) is 9.80 Å². The van der Waals surface area contributed by atoms with E-state index in [1.54, 1.807) is 0 Å². The molecule has 86 valence electrons. The molecule has 0 bridgehead atoms. The maximum atomic E-state index is 12.0. The molecule has 3 heteroatoms. The summed E-state index contributed by atoms with van der Waals surface area (Å²) in [5, 5.41) is 0. The predicted molar refractivity (Wildman–Crippen MR) is 60.7 cm³/mol. The average Bonchev–Trinajstić information content (AvgIpc) is 2.65. The number of nitrogens with zero attached hydrogens (tertiary/aromatic N) is 2. The van der Waals surface area contributed by atoms with Crippen molar-refractivity contribution in [3.8, 4) is 0 Å². The summed E-state index contributed by atoms with van der Waals surface area (Å²) in [6.07, 6.45) is 5.70. The van der Waals surface area contributed by atoms with E-state index in [2.05, 4.69) is 16.8 Å². The average molecular weight is 210 g/mol. The van der Waals surface area contributed by atoms with E-state index in [4.69, 9.17) is 0 Å². The number of rotatable bonds is 2. The first-order valence-electron chi connectivity index (χ1n) is 6.22. The quantitative estimate of drug-likeness (QED) is 0.686. The van der Waals surface area contributed by atoms with E-state index < -0.39 is 0 Å². The van der Waals surface area contributed by atoms with Gasteiger partial charge in [0.05, 0.1) is 0 Å². The summed E-state index contributed by atoms with van der Waals surface area (Å²) in [5.41, 5.74) is 0. The molecule has 0 saturated carbocycles. The summed E-state index contributed by atoms with van der Waals surface area (Å²) < 4.78 is 0. The standard InChI is InChI=1S/C12H22N2O/c1-13-8-5-11(10-13)9-12(15)14-6-3-2-4-7-14/h11H,2-10H2,1H3. The highest BCUT2D eigenvalue weighted by molar-refractivity contribution is 5.76. The van der Waals surface area contributed by atoms with Gasteiger partial charge >= 0.3 is 0 Å². The van der Waals surface area contributed by atoms with Crippen molar-refractivity contribution >= 4 is 5.91 Å². The topological polar surface area (TPSA) is 23.6 Å². The fourth-order valence-corrected chi connectivity index (χ4v) is 2.71. The molecule has 0 aliphatic carbocycles. The van der Waals surface area contributed by atoms with Crippen LogP contribution in [0.1, 0.15) is 32.1 Å². The molecule has 3 nitrogen and oxygen atoms in total. The molecule has 1 atom stereocenters. The highest BCUT2D eigenvalue weighted by Crippen LogP contribution is 2.20. The van der Waals surface area contributed by atoms with E-state index in [0.29, 0.717) is 11.8 Å². The maximum absolute atomic E-state index is 12.0. The van der Waals surface area contributed by atoms with Gasteiger partial charge in [-0.25, -0.2) is 0 Å². The van der Waals surface area contributed by atoms with Crippen LogP contribution in [0.2, 0.25) is 0 Å². The van der Waals surface area contributed by atoms with Gasteiger partial charge in [0.25, 0.3) is 0 Å². The molecule has 0 radical (unpaired) electrons. The van der Waals surface area contributed by atoms with Gasteiger partial charge in [0, 0.05) is 26.1 Å². The van der Waals surface area contributed by atoms with Gasteiger partial charge < -0.3 is 9.80 Å². The van der Waals surface area contributed by atoms with Crippen molar-refractivity contribution < 1.29 is 4.79 Å². The first kappa shape index (κ1) is 10.9. The lowest BCUT2D eigenvalue weighted by Crippen LogP contribution is -2.36. The van der Waals surface area contributed by atoms with Crippen LogP contribution in [0, 0.1) is 5.92 Å². The van der Waals surface area contributed by atoms with Crippen LogP contribution in [0.3, 0.4) is 0 Å². The van der Waals surface area contributed by atoms with Crippen LogP contribution < -0.4 is 0 Å². The van der Waals surface area contributed by atoms with Crippen LogP contribution in [0.15, 0.2) is 0 Å². The van der Waals surface area contributed by atoms with Crippen LogP contribution in [0.4, 0.5) is 0 Å². The Morgan fingerprint density at radius 1 is 1.20 bits per heavy atom. The van der Waals surface area contributed by atoms with Gasteiger partial charge in [-0.2, -0.15) is 0 Å². The van der Waals surface area contributed by atoms with Crippen molar-refractivity contribution in [1.29, 1.82) is 0 Å². The summed E-state index contributed by atoms with van der Waals surface area (Å²) in [7, 11) is 2.14. The second-order valence-electron chi connectivity index (χ2n) is 5.06.